The van der Waals surface area contributed by atoms with Crippen LogP contribution in [0.1, 0.15) is 11.1 Å². The molecular weight excluding hydrogens is 320 g/mol. The summed E-state index contributed by atoms with van der Waals surface area (Å²) in [6, 6.07) is 14.7. The van der Waals surface area contributed by atoms with Gasteiger partial charge >= 0.3 is 0 Å². The molecule has 0 aliphatic carbocycles. The Hall–Kier alpha value is -2.86. The topological polar surface area (TPSA) is 70.1 Å². The summed E-state index contributed by atoms with van der Waals surface area (Å²) >= 11 is 0. The maximum atomic E-state index is 12.6. The van der Waals surface area contributed by atoms with Crippen molar-refractivity contribution in [1.29, 1.82) is 0 Å². The zero-order chi connectivity index (χ0) is 17.8. The van der Waals surface area contributed by atoms with Gasteiger partial charge in [0.15, 0.2) is 6.10 Å². The second-order valence-electron chi connectivity index (χ2n) is 6.30. The molecule has 0 spiro atoms. The van der Waals surface area contributed by atoms with E-state index in [0.29, 0.717) is 17.0 Å². The molecule has 2 aromatic rings. The molecule has 6 nitrogen and oxygen atoms in total. The summed E-state index contributed by atoms with van der Waals surface area (Å²) in [6.45, 7) is -0.0850. The Morgan fingerprint density at radius 2 is 1.88 bits per heavy atom. The second-order valence-corrected chi connectivity index (χ2v) is 6.30. The molecule has 1 saturated heterocycles. The number of ether oxygens (including phenoxy) is 1. The first-order valence-corrected chi connectivity index (χ1v) is 8.02. The van der Waals surface area contributed by atoms with E-state index >= 15 is 0 Å². The molecule has 2 atom stereocenters. The lowest BCUT2D eigenvalue weighted by Gasteiger charge is -2.55. The van der Waals surface area contributed by atoms with E-state index in [2.05, 4.69) is 0 Å². The number of rotatable bonds is 2. The van der Waals surface area contributed by atoms with E-state index in [0.717, 1.165) is 5.56 Å². The third-order valence-electron chi connectivity index (χ3n) is 5.18. The predicted molar refractivity (Wildman–Crippen MR) is 91.3 cm³/mol. The molecule has 1 N–H and O–H groups in total. The smallest absolute Gasteiger partial charge is 0.256 e. The van der Waals surface area contributed by atoms with Crippen LogP contribution in [0.2, 0.25) is 0 Å². The number of likely N-dealkylation sites (N-methyl/N-ethyl adjacent to an activating group) is 1. The number of carbonyl (C=O) groups excluding carboxylic acids is 2. The number of methoxy groups -OCH3 is 1. The molecule has 0 saturated carbocycles. The van der Waals surface area contributed by atoms with Crippen LogP contribution in [0.4, 0.5) is 5.69 Å². The van der Waals surface area contributed by atoms with Crippen molar-refractivity contribution in [3.63, 3.8) is 0 Å². The first-order valence-electron chi connectivity index (χ1n) is 8.02. The Bertz CT molecular complexity index is 867. The maximum Gasteiger partial charge on any atom is 0.256 e. The zero-order valence-electron chi connectivity index (χ0n) is 14.0. The number of aliphatic hydroxyl groups is 1. The molecular formula is C19H18N2O4. The number of nitrogens with zero attached hydrogens (tertiary/aromatic N) is 2. The minimum Gasteiger partial charge on any atom is -0.497 e. The lowest BCUT2D eigenvalue weighted by atomic mass is 9.69. The highest BCUT2D eigenvalue weighted by molar-refractivity contribution is 6.04. The molecule has 0 aromatic heterocycles. The molecule has 6 heteroatoms. The number of anilines is 1. The molecule has 0 radical (unpaired) electrons. The monoisotopic (exact) mass is 338 g/mol. The lowest BCUT2D eigenvalue weighted by molar-refractivity contribution is -0.181. The summed E-state index contributed by atoms with van der Waals surface area (Å²) in [6.07, 6.45) is -1.23. The van der Waals surface area contributed by atoms with Crippen molar-refractivity contribution in [3.8, 4) is 5.75 Å². The number of fused-ring (bicyclic) bond motifs is 3. The fourth-order valence-electron chi connectivity index (χ4n) is 3.85. The zero-order valence-corrected chi connectivity index (χ0v) is 14.0. The van der Waals surface area contributed by atoms with Crippen LogP contribution in [0.3, 0.4) is 0 Å². The molecule has 0 bridgehead atoms. The number of hydrogen-bond acceptors (Lipinski definition) is 4. The van der Waals surface area contributed by atoms with Gasteiger partial charge in [-0.15, -0.1) is 0 Å². The average molecular weight is 338 g/mol. The van der Waals surface area contributed by atoms with Gasteiger partial charge < -0.3 is 19.6 Å². The van der Waals surface area contributed by atoms with Crippen LogP contribution >= 0.6 is 0 Å². The van der Waals surface area contributed by atoms with Crippen molar-refractivity contribution < 1.29 is 19.4 Å². The normalized spacial score (nSPS) is 25.0. The SMILES string of the molecule is COc1ccc2c(c1)N(C)C(=O)CN1C(=O)[C@@H](O)[C@]21c1ccccc1. The minimum absolute atomic E-state index is 0.0850. The molecule has 128 valence electrons. The van der Waals surface area contributed by atoms with Gasteiger partial charge in [0.2, 0.25) is 5.91 Å². The fraction of sp³-hybridized carbons (Fsp3) is 0.263. The van der Waals surface area contributed by atoms with Gasteiger partial charge in [-0.2, -0.15) is 0 Å². The van der Waals surface area contributed by atoms with Gasteiger partial charge in [-0.05, 0) is 11.6 Å². The lowest BCUT2D eigenvalue weighted by Crippen LogP contribution is -2.72. The highest BCUT2D eigenvalue weighted by Gasteiger charge is 2.64. The van der Waals surface area contributed by atoms with E-state index in [1.807, 2.05) is 36.4 Å². The van der Waals surface area contributed by atoms with Crippen LogP contribution in [0.25, 0.3) is 0 Å². The first-order chi connectivity index (χ1) is 12.0. The van der Waals surface area contributed by atoms with Crippen molar-refractivity contribution in [3.05, 3.63) is 59.7 Å². The maximum absolute atomic E-state index is 12.6. The molecule has 1 fully saturated rings. The standard InChI is InChI=1S/C19H18N2O4/c1-20-15-10-13(25-2)8-9-14(15)19(12-6-4-3-5-7-12)17(23)18(24)21(19)11-16(20)22/h3-10,17,23H,11H2,1-2H3/t17-,19+/m1/s1. The van der Waals surface area contributed by atoms with Gasteiger partial charge in [-0.1, -0.05) is 36.4 Å². The number of aliphatic hydroxyl groups excluding tert-OH is 1. The number of hydrogen-bond donors (Lipinski definition) is 1. The minimum atomic E-state index is -1.23. The second kappa shape index (κ2) is 5.32. The van der Waals surface area contributed by atoms with Crippen LogP contribution in [0.15, 0.2) is 48.5 Å². The van der Waals surface area contributed by atoms with E-state index in [9.17, 15) is 14.7 Å². The Labute approximate surface area is 145 Å². The van der Waals surface area contributed by atoms with Crippen molar-refractivity contribution in [2.45, 2.75) is 11.6 Å². The van der Waals surface area contributed by atoms with Gasteiger partial charge in [0.25, 0.3) is 5.91 Å². The first kappa shape index (κ1) is 15.7. The van der Waals surface area contributed by atoms with Gasteiger partial charge in [-0.25, -0.2) is 0 Å². The van der Waals surface area contributed by atoms with Crippen LogP contribution in [0.5, 0.6) is 5.75 Å². The summed E-state index contributed by atoms with van der Waals surface area (Å²) < 4.78 is 5.29. The van der Waals surface area contributed by atoms with Crippen molar-refractivity contribution >= 4 is 17.5 Å². The molecule has 2 amide bonds. The summed E-state index contributed by atoms with van der Waals surface area (Å²) in [7, 11) is 3.23. The Morgan fingerprint density at radius 3 is 2.56 bits per heavy atom. The van der Waals surface area contributed by atoms with Crippen molar-refractivity contribution in [2.75, 3.05) is 25.6 Å². The number of amides is 2. The van der Waals surface area contributed by atoms with E-state index in [4.69, 9.17) is 4.74 Å². The largest absolute Gasteiger partial charge is 0.497 e. The summed E-state index contributed by atoms with van der Waals surface area (Å²) in [5.74, 6) is -0.0444. The third-order valence-corrected chi connectivity index (χ3v) is 5.18. The van der Waals surface area contributed by atoms with Gasteiger partial charge in [0.1, 0.15) is 17.8 Å². The van der Waals surface area contributed by atoms with Crippen molar-refractivity contribution in [1.82, 2.24) is 4.90 Å². The van der Waals surface area contributed by atoms with Crippen LogP contribution in [-0.2, 0) is 15.1 Å². The molecule has 0 unspecified atom stereocenters. The number of β-lactam (4-membered cyclic amide) rings is 1. The highest BCUT2D eigenvalue weighted by Crippen LogP contribution is 2.52. The summed E-state index contributed by atoms with van der Waals surface area (Å²) in [4.78, 5) is 28.0. The predicted octanol–water partition coefficient (Wildman–Crippen LogP) is 1.12. The van der Waals surface area contributed by atoms with Gasteiger partial charge in [-0.3, -0.25) is 9.59 Å². The molecule has 2 aliphatic heterocycles. The summed E-state index contributed by atoms with van der Waals surface area (Å²) in [5.41, 5.74) is 1.04. The molecule has 2 aromatic carbocycles. The highest BCUT2D eigenvalue weighted by atomic mass is 16.5. The van der Waals surface area contributed by atoms with Crippen molar-refractivity contribution in [2.24, 2.45) is 0 Å². The molecule has 25 heavy (non-hydrogen) atoms. The van der Waals surface area contributed by atoms with E-state index in [1.165, 1.54) is 9.80 Å². The van der Waals surface area contributed by atoms with E-state index in [1.54, 1.807) is 26.3 Å². The van der Waals surface area contributed by atoms with Gasteiger partial charge in [0, 0.05) is 18.7 Å². The van der Waals surface area contributed by atoms with Crippen LogP contribution in [-0.4, -0.2) is 48.6 Å². The van der Waals surface area contributed by atoms with E-state index < -0.39 is 17.6 Å². The van der Waals surface area contributed by atoms with Crippen LogP contribution < -0.4 is 9.64 Å². The number of benzene rings is 2. The van der Waals surface area contributed by atoms with Gasteiger partial charge in [0.05, 0.1) is 12.8 Å². The Balaban J connectivity index is 2.04. The fourth-order valence-corrected chi connectivity index (χ4v) is 3.85. The summed E-state index contributed by atoms with van der Waals surface area (Å²) in [5, 5.41) is 10.7. The third kappa shape index (κ3) is 1.88. The molecule has 4 rings (SSSR count). The number of carbonyl (C=O) groups is 2. The van der Waals surface area contributed by atoms with E-state index in [-0.39, 0.29) is 12.5 Å². The average Bonchev–Trinajstić information content (AvgIpc) is 2.74. The Kier molecular flexibility index (Phi) is 3.33. The molecule has 2 aliphatic rings. The quantitative estimate of drug-likeness (QED) is 0.833. The Morgan fingerprint density at radius 1 is 1.16 bits per heavy atom. The van der Waals surface area contributed by atoms with Crippen LogP contribution in [0, 0.1) is 0 Å². The molecule has 2 heterocycles.